The molecule has 0 amide bonds. The standard InChI is InChI=1S/C13H22N2O/c1-4-5-11(2)9-16-10-12-6-7-13(14-3)15-8-12/h6-8,11H,4-5,9-10H2,1-3H3,(H,14,15). The lowest BCUT2D eigenvalue weighted by Crippen LogP contribution is -2.05. The van der Waals surface area contributed by atoms with Crippen LogP contribution in [0.5, 0.6) is 0 Å². The van der Waals surface area contributed by atoms with E-state index in [9.17, 15) is 0 Å². The van der Waals surface area contributed by atoms with E-state index in [1.165, 1.54) is 12.8 Å². The van der Waals surface area contributed by atoms with Gasteiger partial charge in [-0.25, -0.2) is 4.98 Å². The van der Waals surface area contributed by atoms with Gasteiger partial charge in [0.2, 0.25) is 0 Å². The molecule has 3 heteroatoms. The van der Waals surface area contributed by atoms with Gasteiger partial charge in [-0.15, -0.1) is 0 Å². The number of hydrogen-bond donors (Lipinski definition) is 1. The van der Waals surface area contributed by atoms with Crippen molar-refractivity contribution >= 4 is 5.82 Å². The molecule has 0 saturated heterocycles. The number of nitrogens with one attached hydrogen (secondary N) is 1. The van der Waals surface area contributed by atoms with Crippen LogP contribution in [0, 0.1) is 5.92 Å². The van der Waals surface area contributed by atoms with Crippen molar-refractivity contribution in [2.75, 3.05) is 19.0 Å². The Bertz CT molecular complexity index is 284. The van der Waals surface area contributed by atoms with Gasteiger partial charge in [0.1, 0.15) is 5.82 Å². The molecule has 0 bridgehead atoms. The van der Waals surface area contributed by atoms with Gasteiger partial charge in [0.05, 0.1) is 6.61 Å². The molecule has 1 aromatic rings. The normalized spacial score (nSPS) is 12.4. The van der Waals surface area contributed by atoms with Gasteiger partial charge in [-0.2, -0.15) is 0 Å². The van der Waals surface area contributed by atoms with Crippen LogP contribution in [0.25, 0.3) is 0 Å². The highest BCUT2D eigenvalue weighted by atomic mass is 16.5. The molecule has 1 unspecified atom stereocenters. The summed E-state index contributed by atoms with van der Waals surface area (Å²) in [5.74, 6) is 1.54. The highest BCUT2D eigenvalue weighted by Gasteiger charge is 2.01. The third-order valence-electron chi connectivity index (χ3n) is 2.53. The summed E-state index contributed by atoms with van der Waals surface area (Å²) in [6.07, 6.45) is 4.32. The molecule has 1 N–H and O–H groups in total. The van der Waals surface area contributed by atoms with Crippen molar-refractivity contribution in [3.63, 3.8) is 0 Å². The molecule has 0 aliphatic rings. The van der Waals surface area contributed by atoms with Crippen LogP contribution in [0.4, 0.5) is 5.82 Å². The summed E-state index contributed by atoms with van der Waals surface area (Å²) in [5, 5.41) is 2.99. The Balaban J connectivity index is 2.26. The molecule has 0 saturated carbocycles. The van der Waals surface area contributed by atoms with E-state index in [4.69, 9.17) is 4.74 Å². The summed E-state index contributed by atoms with van der Waals surface area (Å²) in [6.45, 7) is 5.93. The van der Waals surface area contributed by atoms with Crippen molar-refractivity contribution in [2.45, 2.75) is 33.3 Å². The maximum atomic E-state index is 5.65. The van der Waals surface area contributed by atoms with Gasteiger partial charge < -0.3 is 10.1 Å². The summed E-state index contributed by atoms with van der Waals surface area (Å²) >= 11 is 0. The minimum Gasteiger partial charge on any atom is -0.376 e. The maximum absolute atomic E-state index is 5.65. The number of rotatable bonds is 7. The van der Waals surface area contributed by atoms with Crippen LogP contribution < -0.4 is 5.32 Å². The van der Waals surface area contributed by atoms with Crippen molar-refractivity contribution in [2.24, 2.45) is 5.92 Å². The summed E-state index contributed by atoms with van der Waals surface area (Å²) in [5.41, 5.74) is 1.13. The van der Waals surface area contributed by atoms with Gasteiger partial charge in [-0.3, -0.25) is 0 Å². The first-order chi connectivity index (χ1) is 7.76. The Morgan fingerprint density at radius 3 is 2.81 bits per heavy atom. The Kier molecular flexibility index (Phi) is 5.86. The SMILES string of the molecule is CCCC(C)COCc1ccc(NC)nc1. The molecule has 1 aromatic heterocycles. The Morgan fingerprint density at radius 2 is 2.25 bits per heavy atom. The smallest absolute Gasteiger partial charge is 0.125 e. The van der Waals surface area contributed by atoms with E-state index in [0.29, 0.717) is 12.5 Å². The van der Waals surface area contributed by atoms with Crippen LogP contribution in [-0.4, -0.2) is 18.6 Å². The van der Waals surface area contributed by atoms with E-state index in [0.717, 1.165) is 18.0 Å². The second-order valence-electron chi connectivity index (χ2n) is 4.21. The van der Waals surface area contributed by atoms with Crippen molar-refractivity contribution < 1.29 is 4.74 Å². The fourth-order valence-corrected chi connectivity index (χ4v) is 1.61. The summed E-state index contributed by atoms with van der Waals surface area (Å²) in [6, 6.07) is 4.01. The second kappa shape index (κ2) is 7.23. The Morgan fingerprint density at radius 1 is 1.44 bits per heavy atom. The molecule has 1 rings (SSSR count). The van der Waals surface area contributed by atoms with E-state index in [1.807, 2.05) is 25.4 Å². The van der Waals surface area contributed by atoms with Gasteiger partial charge >= 0.3 is 0 Å². The second-order valence-corrected chi connectivity index (χ2v) is 4.21. The lowest BCUT2D eigenvalue weighted by molar-refractivity contribution is 0.0892. The number of aromatic nitrogens is 1. The Hall–Kier alpha value is -1.09. The van der Waals surface area contributed by atoms with Crippen molar-refractivity contribution in [1.29, 1.82) is 0 Å². The lowest BCUT2D eigenvalue weighted by atomic mass is 10.1. The minimum atomic E-state index is 0.648. The monoisotopic (exact) mass is 222 g/mol. The maximum Gasteiger partial charge on any atom is 0.125 e. The van der Waals surface area contributed by atoms with Crippen molar-refractivity contribution in [1.82, 2.24) is 4.98 Å². The molecule has 0 aliphatic carbocycles. The fraction of sp³-hybridized carbons (Fsp3) is 0.615. The molecule has 1 heterocycles. The number of ether oxygens (including phenoxy) is 1. The first-order valence-electron chi connectivity index (χ1n) is 5.96. The number of anilines is 1. The number of nitrogens with zero attached hydrogens (tertiary/aromatic N) is 1. The summed E-state index contributed by atoms with van der Waals surface area (Å²) in [7, 11) is 1.87. The first kappa shape index (κ1) is 13.0. The molecule has 0 aliphatic heterocycles. The third kappa shape index (κ3) is 4.62. The molecule has 0 aromatic carbocycles. The van der Waals surface area contributed by atoms with Gasteiger partial charge in [-0.1, -0.05) is 26.3 Å². The largest absolute Gasteiger partial charge is 0.376 e. The summed E-state index contributed by atoms with van der Waals surface area (Å²) < 4.78 is 5.65. The van der Waals surface area contributed by atoms with Crippen LogP contribution in [0.2, 0.25) is 0 Å². The molecule has 1 atom stereocenters. The zero-order chi connectivity index (χ0) is 11.8. The van der Waals surface area contributed by atoms with Crippen molar-refractivity contribution in [3.8, 4) is 0 Å². The van der Waals surface area contributed by atoms with E-state index in [2.05, 4.69) is 24.1 Å². The highest BCUT2D eigenvalue weighted by Crippen LogP contribution is 2.08. The first-order valence-corrected chi connectivity index (χ1v) is 5.96. The predicted molar refractivity (Wildman–Crippen MR) is 67.5 cm³/mol. The van der Waals surface area contributed by atoms with Crippen molar-refractivity contribution in [3.05, 3.63) is 23.9 Å². The molecule has 0 spiro atoms. The summed E-state index contributed by atoms with van der Waals surface area (Å²) in [4.78, 5) is 4.24. The average molecular weight is 222 g/mol. The van der Waals surface area contributed by atoms with E-state index >= 15 is 0 Å². The highest BCUT2D eigenvalue weighted by molar-refractivity contribution is 5.34. The lowest BCUT2D eigenvalue weighted by Gasteiger charge is -2.10. The molecule has 0 fully saturated rings. The molecule has 90 valence electrons. The van der Waals surface area contributed by atoms with E-state index in [1.54, 1.807) is 0 Å². The van der Waals surface area contributed by atoms with Crippen LogP contribution in [0.1, 0.15) is 32.3 Å². The molecular weight excluding hydrogens is 200 g/mol. The van der Waals surface area contributed by atoms with Crippen LogP contribution in [-0.2, 0) is 11.3 Å². The zero-order valence-corrected chi connectivity index (χ0v) is 10.5. The molecule has 0 radical (unpaired) electrons. The fourth-order valence-electron chi connectivity index (χ4n) is 1.61. The number of pyridine rings is 1. The van der Waals surface area contributed by atoms with Gasteiger partial charge in [0.15, 0.2) is 0 Å². The van der Waals surface area contributed by atoms with Gasteiger partial charge in [0, 0.05) is 19.9 Å². The third-order valence-corrected chi connectivity index (χ3v) is 2.53. The Labute approximate surface area is 98.2 Å². The van der Waals surface area contributed by atoms with Crippen LogP contribution >= 0.6 is 0 Å². The quantitative estimate of drug-likeness (QED) is 0.770. The van der Waals surface area contributed by atoms with Gasteiger partial charge in [-0.05, 0) is 24.0 Å². The van der Waals surface area contributed by atoms with Gasteiger partial charge in [0.25, 0.3) is 0 Å². The molecular formula is C13H22N2O. The zero-order valence-electron chi connectivity index (χ0n) is 10.5. The van der Waals surface area contributed by atoms with E-state index < -0.39 is 0 Å². The predicted octanol–water partition coefficient (Wildman–Crippen LogP) is 3.08. The molecule has 3 nitrogen and oxygen atoms in total. The molecule has 16 heavy (non-hydrogen) atoms. The van der Waals surface area contributed by atoms with Crippen LogP contribution in [0.3, 0.4) is 0 Å². The van der Waals surface area contributed by atoms with E-state index in [-0.39, 0.29) is 0 Å². The van der Waals surface area contributed by atoms with Crippen LogP contribution in [0.15, 0.2) is 18.3 Å². The topological polar surface area (TPSA) is 34.1 Å². The minimum absolute atomic E-state index is 0.648. The number of hydrogen-bond acceptors (Lipinski definition) is 3. The average Bonchev–Trinajstić information content (AvgIpc) is 2.30.